The Kier molecular flexibility index (Phi) is 4.47. The second-order valence-electron chi connectivity index (χ2n) is 4.42. The fraction of sp³-hybridized carbons (Fsp3) is 0.267. The van der Waals surface area contributed by atoms with Crippen LogP contribution in [-0.4, -0.2) is 17.7 Å². The Bertz CT molecular complexity index is 651. The quantitative estimate of drug-likeness (QED) is 0.853. The molecule has 112 valence electrons. The van der Waals surface area contributed by atoms with Gasteiger partial charge >= 0.3 is 5.97 Å². The van der Waals surface area contributed by atoms with E-state index in [0.29, 0.717) is 23.8 Å². The van der Waals surface area contributed by atoms with Crippen molar-refractivity contribution >= 4 is 11.7 Å². The van der Waals surface area contributed by atoms with Crippen LogP contribution in [0.3, 0.4) is 0 Å². The molecule has 21 heavy (non-hydrogen) atoms. The van der Waals surface area contributed by atoms with E-state index in [0.717, 1.165) is 0 Å². The largest absolute Gasteiger partial charge is 0.491 e. The highest BCUT2D eigenvalue weighted by Crippen LogP contribution is 2.22. The molecule has 2 rings (SSSR count). The van der Waals surface area contributed by atoms with Gasteiger partial charge < -0.3 is 19.6 Å². The van der Waals surface area contributed by atoms with Crippen molar-refractivity contribution < 1.29 is 23.4 Å². The van der Waals surface area contributed by atoms with Gasteiger partial charge in [-0.1, -0.05) is 0 Å². The van der Waals surface area contributed by atoms with Crippen LogP contribution < -0.4 is 10.1 Å². The summed E-state index contributed by atoms with van der Waals surface area (Å²) in [5.74, 6) is -0.472. The number of ether oxygens (including phenoxy) is 1. The molecule has 0 fully saturated rings. The molecule has 0 saturated carbocycles. The van der Waals surface area contributed by atoms with Crippen LogP contribution >= 0.6 is 0 Å². The first kappa shape index (κ1) is 14.9. The molecule has 0 atom stereocenters. The fourth-order valence-electron chi connectivity index (χ4n) is 1.92. The fourth-order valence-corrected chi connectivity index (χ4v) is 1.92. The molecule has 0 aliphatic carbocycles. The predicted octanol–water partition coefficient (Wildman–Crippen LogP) is 3.44. The number of nitrogens with one attached hydrogen (secondary N) is 1. The van der Waals surface area contributed by atoms with Crippen molar-refractivity contribution in [3.63, 3.8) is 0 Å². The summed E-state index contributed by atoms with van der Waals surface area (Å²) >= 11 is 0. The van der Waals surface area contributed by atoms with Crippen LogP contribution in [0, 0.1) is 12.7 Å². The van der Waals surface area contributed by atoms with Crippen LogP contribution in [0.1, 0.15) is 28.8 Å². The Morgan fingerprint density at radius 2 is 2.19 bits per heavy atom. The van der Waals surface area contributed by atoms with E-state index in [1.54, 1.807) is 19.9 Å². The van der Waals surface area contributed by atoms with Gasteiger partial charge in [0.15, 0.2) is 11.6 Å². The second-order valence-corrected chi connectivity index (χ2v) is 4.42. The molecular formula is C15H16FNO4. The van der Waals surface area contributed by atoms with Crippen LogP contribution in [0.2, 0.25) is 0 Å². The van der Waals surface area contributed by atoms with Gasteiger partial charge in [-0.05, 0) is 32.0 Å². The Labute approximate surface area is 121 Å². The van der Waals surface area contributed by atoms with Crippen molar-refractivity contribution in [3.8, 4) is 5.75 Å². The second kappa shape index (κ2) is 6.30. The number of hydrogen-bond acceptors (Lipinski definition) is 4. The van der Waals surface area contributed by atoms with Crippen LogP contribution in [-0.2, 0) is 6.54 Å². The minimum absolute atomic E-state index is 0.129. The van der Waals surface area contributed by atoms with E-state index < -0.39 is 11.8 Å². The zero-order chi connectivity index (χ0) is 15.4. The summed E-state index contributed by atoms with van der Waals surface area (Å²) in [6, 6.07) is 5.99. The average molecular weight is 293 g/mol. The molecule has 0 aliphatic rings. The Morgan fingerprint density at radius 3 is 2.76 bits per heavy atom. The maximum atomic E-state index is 13.7. The lowest BCUT2D eigenvalue weighted by atomic mass is 10.2. The van der Waals surface area contributed by atoms with Crippen molar-refractivity contribution in [2.75, 3.05) is 11.9 Å². The minimum Gasteiger partial charge on any atom is -0.491 e. The molecule has 0 radical (unpaired) electrons. The Balaban J connectivity index is 2.04. The lowest BCUT2D eigenvalue weighted by molar-refractivity contribution is 0.0695. The van der Waals surface area contributed by atoms with E-state index >= 15 is 0 Å². The number of carboxylic acids is 1. The molecule has 0 bridgehead atoms. The first-order chi connectivity index (χ1) is 10.0. The molecule has 0 spiro atoms. The highest BCUT2D eigenvalue weighted by molar-refractivity contribution is 5.88. The number of carboxylic acid groups (broad SMARTS) is 1. The molecule has 0 amide bonds. The number of aryl methyl sites for hydroxylation is 1. The van der Waals surface area contributed by atoms with Crippen molar-refractivity contribution in [2.45, 2.75) is 20.4 Å². The van der Waals surface area contributed by atoms with Crippen LogP contribution in [0.15, 0.2) is 28.7 Å². The molecule has 0 unspecified atom stereocenters. The average Bonchev–Trinajstić information content (AvgIpc) is 2.81. The summed E-state index contributed by atoms with van der Waals surface area (Å²) in [6.45, 7) is 4.03. The van der Waals surface area contributed by atoms with Crippen LogP contribution in [0.4, 0.5) is 10.1 Å². The third kappa shape index (κ3) is 3.53. The summed E-state index contributed by atoms with van der Waals surface area (Å²) in [7, 11) is 0. The molecule has 6 heteroatoms. The monoisotopic (exact) mass is 293 g/mol. The van der Waals surface area contributed by atoms with Gasteiger partial charge in [-0.25, -0.2) is 9.18 Å². The summed E-state index contributed by atoms with van der Waals surface area (Å²) in [6.07, 6.45) is 0. The number of benzene rings is 1. The maximum Gasteiger partial charge on any atom is 0.339 e. The Morgan fingerprint density at radius 1 is 1.43 bits per heavy atom. The molecule has 2 N–H and O–H groups in total. The summed E-state index contributed by atoms with van der Waals surface area (Å²) in [4.78, 5) is 10.9. The Hall–Kier alpha value is -2.50. The SMILES string of the molecule is CCOc1ccc(NCc2cc(C(=O)O)c(C)o2)cc1F. The summed E-state index contributed by atoms with van der Waals surface area (Å²) < 4.78 is 24.1. The van der Waals surface area contributed by atoms with Gasteiger partial charge in [0.1, 0.15) is 17.1 Å². The lowest BCUT2D eigenvalue weighted by Crippen LogP contribution is -2.00. The number of halogens is 1. The molecule has 5 nitrogen and oxygen atoms in total. The highest BCUT2D eigenvalue weighted by Gasteiger charge is 2.13. The highest BCUT2D eigenvalue weighted by atomic mass is 19.1. The number of hydrogen-bond donors (Lipinski definition) is 2. The van der Waals surface area contributed by atoms with Gasteiger partial charge in [0, 0.05) is 11.8 Å². The predicted molar refractivity (Wildman–Crippen MR) is 75.3 cm³/mol. The number of carbonyl (C=O) groups is 1. The van der Waals surface area contributed by atoms with Crippen LogP contribution in [0.5, 0.6) is 5.75 Å². The van der Waals surface area contributed by atoms with Crippen molar-refractivity contribution in [2.24, 2.45) is 0 Å². The van der Waals surface area contributed by atoms with E-state index in [1.165, 1.54) is 18.2 Å². The first-order valence-corrected chi connectivity index (χ1v) is 6.50. The van der Waals surface area contributed by atoms with Gasteiger partial charge in [-0.15, -0.1) is 0 Å². The van der Waals surface area contributed by atoms with Crippen molar-refractivity contribution in [1.82, 2.24) is 0 Å². The maximum absolute atomic E-state index is 13.7. The van der Waals surface area contributed by atoms with Gasteiger partial charge in [-0.2, -0.15) is 0 Å². The third-order valence-electron chi connectivity index (χ3n) is 2.90. The van der Waals surface area contributed by atoms with Gasteiger partial charge in [0.2, 0.25) is 0 Å². The minimum atomic E-state index is -1.03. The van der Waals surface area contributed by atoms with Crippen LogP contribution in [0.25, 0.3) is 0 Å². The lowest BCUT2D eigenvalue weighted by Gasteiger charge is -2.08. The van der Waals surface area contributed by atoms with E-state index in [1.807, 2.05) is 0 Å². The molecular weight excluding hydrogens is 277 g/mol. The van der Waals surface area contributed by atoms with Gasteiger partial charge in [-0.3, -0.25) is 0 Å². The van der Waals surface area contributed by atoms with Crippen molar-refractivity contribution in [1.29, 1.82) is 0 Å². The third-order valence-corrected chi connectivity index (χ3v) is 2.90. The molecule has 1 aromatic heterocycles. The summed E-state index contributed by atoms with van der Waals surface area (Å²) in [5.41, 5.74) is 0.687. The van der Waals surface area contributed by atoms with Gasteiger partial charge in [0.05, 0.1) is 13.2 Å². The number of rotatable bonds is 6. The van der Waals surface area contributed by atoms with E-state index in [4.69, 9.17) is 14.3 Å². The van der Waals surface area contributed by atoms with E-state index in [-0.39, 0.29) is 17.9 Å². The molecule has 1 aromatic carbocycles. The molecule has 1 heterocycles. The van der Waals surface area contributed by atoms with Gasteiger partial charge in [0.25, 0.3) is 0 Å². The smallest absolute Gasteiger partial charge is 0.339 e. The standard InChI is InChI=1S/C15H16FNO4/c1-3-20-14-5-4-10(6-13(14)16)17-8-11-7-12(15(18)19)9(2)21-11/h4-7,17H,3,8H2,1-2H3,(H,18,19). The normalized spacial score (nSPS) is 10.4. The topological polar surface area (TPSA) is 71.7 Å². The van der Waals surface area contributed by atoms with E-state index in [9.17, 15) is 9.18 Å². The van der Waals surface area contributed by atoms with Crippen molar-refractivity contribution in [3.05, 3.63) is 47.2 Å². The molecule has 2 aromatic rings. The number of anilines is 1. The first-order valence-electron chi connectivity index (χ1n) is 6.50. The number of aromatic carboxylic acids is 1. The molecule has 0 aliphatic heterocycles. The number of furan rings is 1. The molecule has 0 saturated heterocycles. The zero-order valence-electron chi connectivity index (χ0n) is 11.8. The zero-order valence-corrected chi connectivity index (χ0v) is 11.8. The summed E-state index contributed by atoms with van der Waals surface area (Å²) in [5, 5.41) is 11.9. The van der Waals surface area contributed by atoms with E-state index in [2.05, 4.69) is 5.32 Å².